The highest BCUT2D eigenvalue weighted by atomic mass is 32.1. The smallest absolute Gasteiger partial charge is 0.226 e. The van der Waals surface area contributed by atoms with Crippen molar-refractivity contribution in [2.24, 2.45) is 0 Å². The highest BCUT2D eigenvalue weighted by Crippen LogP contribution is 2.08. The fraction of sp³-hybridized carbons (Fsp3) is 0.286. The van der Waals surface area contributed by atoms with E-state index in [0.717, 1.165) is 16.3 Å². The molecule has 0 saturated carbocycles. The third-order valence-electron chi connectivity index (χ3n) is 2.66. The number of aryl methyl sites for hydroxylation is 1. The summed E-state index contributed by atoms with van der Waals surface area (Å²) in [5.41, 5.74) is 1.81. The number of amides is 1. The Morgan fingerprint density at radius 2 is 2.11 bits per heavy atom. The van der Waals surface area contributed by atoms with Crippen LogP contribution in [-0.2, 0) is 17.6 Å². The minimum absolute atomic E-state index is 0.0348. The number of nitrogens with one attached hydrogen (secondary N) is 1. The van der Waals surface area contributed by atoms with E-state index in [-0.39, 0.29) is 11.7 Å². The van der Waals surface area contributed by atoms with Gasteiger partial charge in [-0.3, -0.25) is 4.79 Å². The quantitative estimate of drug-likeness (QED) is 0.913. The number of thiazole rings is 1. The molecule has 1 aromatic heterocycles. The molecule has 0 spiro atoms. The molecule has 0 atom stereocenters. The summed E-state index contributed by atoms with van der Waals surface area (Å²) >= 11 is 1.54. The van der Waals surface area contributed by atoms with E-state index in [9.17, 15) is 9.18 Å². The zero-order chi connectivity index (χ0) is 13.7. The van der Waals surface area contributed by atoms with Crippen molar-refractivity contribution in [3.63, 3.8) is 0 Å². The van der Waals surface area contributed by atoms with E-state index < -0.39 is 0 Å². The SMILES string of the molecule is Cc1nc(CC(=O)NCCc2ccc(F)cc2)cs1. The molecule has 19 heavy (non-hydrogen) atoms. The van der Waals surface area contributed by atoms with Crippen molar-refractivity contribution in [2.75, 3.05) is 6.54 Å². The van der Waals surface area contributed by atoms with E-state index in [1.807, 2.05) is 12.3 Å². The number of carbonyl (C=O) groups excluding carboxylic acids is 1. The third-order valence-corrected chi connectivity index (χ3v) is 3.48. The highest BCUT2D eigenvalue weighted by molar-refractivity contribution is 7.09. The summed E-state index contributed by atoms with van der Waals surface area (Å²) < 4.78 is 12.7. The number of hydrogen-bond acceptors (Lipinski definition) is 3. The number of rotatable bonds is 5. The van der Waals surface area contributed by atoms with Gasteiger partial charge in [-0.25, -0.2) is 9.37 Å². The molecule has 2 aromatic rings. The fourth-order valence-electron chi connectivity index (χ4n) is 1.71. The van der Waals surface area contributed by atoms with Crippen LogP contribution in [0.5, 0.6) is 0 Å². The van der Waals surface area contributed by atoms with E-state index in [1.54, 1.807) is 23.5 Å². The second kappa shape index (κ2) is 6.43. The van der Waals surface area contributed by atoms with Crippen LogP contribution in [0.2, 0.25) is 0 Å². The molecule has 3 nitrogen and oxygen atoms in total. The van der Waals surface area contributed by atoms with E-state index >= 15 is 0 Å². The van der Waals surface area contributed by atoms with Gasteiger partial charge < -0.3 is 5.32 Å². The molecule has 5 heteroatoms. The van der Waals surface area contributed by atoms with Gasteiger partial charge in [-0.2, -0.15) is 0 Å². The van der Waals surface area contributed by atoms with Gasteiger partial charge in [0.05, 0.1) is 17.1 Å². The second-order valence-electron chi connectivity index (χ2n) is 4.26. The molecule has 0 fully saturated rings. The van der Waals surface area contributed by atoms with Crippen molar-refractivity contribution in [2.45, 2.75) is 19.8 Å². The van der Waals surface area contributed by atoms with Crippen LogP contribution in [0.15, 0.2) is 29.6 Å². The van der Waals surface area contributed by atoms with Crippen molar-refractivity contribution in [3.8, 4) is 0 Å². The molecule has 1 amide bonds. The molecule has 0 aliphatic rings. The molecule has 0 radical (unpaired) electrons. The van der Waals surface area contributed by atoms with Crippen LogP contribution in [0.25, 0.3) is 0 Å². The Hall–Kier alpha value is -1.75. The van der Waals surface area contributed by atoms with E-state index in [1.165, 1.54) is 12.1 Å². The molecule has 2 rings (SSSR count). The summed E-state index contributed by atoms with van der Waals surface area (Å²) in [4.78, 5) is 15.9. The first-order chi connectivity index (χ1) is 9.13. The van der Waals surface area contributed by atoms with Gasteiger partial charge in [0.25, 0.3) is 0 Å². The molecule has 1 aromatic carbocycles. The lowest BCUT2D eigenvalue weighted by molar-refractivity contribution is -0.120. The van der Waals surface area contributed by atoms with Crippen LogP contribution in [0.4, 0.5) is 4.39 Å². The predicted octanol–water partition coefficient (Wildman–Crippen LogP) is 2.49. The molecule has 100 valence electrons. The summed E-state index contributed by atoms with van der Waals surface area (Å²) in [6.07, 6.45) is 1.01. The van der Waals surface area contributed by atoms with Gasteiger partial charge in [0.1, 0.15) is 5.82 Å². The normalized spacial score (nSPS) is 10.4. The average molecular weight is 278 g/mol. The van der Waals surface area contributed by atoms with E-state index in [4.69, 9.17) is 0 Å². The number of aromatic nitrogens is 1. The molecule has 0 saturated heterocycles. The van der Waals surface area contributed by atoms with Gasteiger partial charge in [-0.15, -0.1) is 11.3 Å². The Morgan fingerprint density at radius 1 is 1.37 bits per heavy atom. The van der Waals surface area contributed by atoms with Crippen molar-refractivity contribution in [1.82, 2.24) is 10.3 Å². The summed E-state index contributed by atoms with van der Waals surface area (Å²) in [5, 5.41) is 5.70. The summed E-state index contributed by atoms with van der Waals surface area (Å²) in [5.74, 6) is -0.279. The Bertz CT molecular complexity index is 551. The maximum Gasteiger partial charge on any atom is 0.226 e. The largest absolute Gasteiger partial charge is 0.355 e. The Balaban J connectivity index is 1.73. The van der Waals surface area contributed by atoms with Crippen LogP contribution in [0.3, 0.4) is 0 Å². The summed E-state index contributed by atoms with van der Waals surface area (Å²) in [6, 6.07) is 6.31. The first-order valence-electron chi connectivity index (χ1n) is 6.05. The van der Waals surface area contributed by atoms with Crippen LogP contribution in [-0.4, -0.2) is 17.4 Å². The first-order valence-corrected chi connectivity index (χ1v) is 6.93. The Kier molecular flexibility index (Phi) is 4.63. The van der Waals surface area contributed by atoms with Crippen molar-refractivity contribution >= 4 is 17.2 Å². The van der Waals surface area contributed by atoms with Gasteiger partial charge in [0.2, 0.25) is 5.91 Å². The van der Waals surface area contributed by atoms with Gasteiger partial charge >= 0.3 is 0 Å². The summed E-state index contributed by atoms with van der Waals surface area (Å²) in [7, 11) is 0. The minimum atomic E-state index is -0.244. The summed E-state index contributed by atoms with van der Waals surface area (Å²) in [6.45, 7) is 2.47. The fourth-order valence-corrected chi connectivity index (χ4v) is 2.33. The van der Waals surface area contributed by atoms with Crippen LogP contribution < -0.4 is 5.32 Å². The van der Waals surface area contributed by atoms with Crippen molar-refractivity contribution in [1.29, 1.82) is 0 Å². The molecule has 0 bridgehead atoms. The zero-order valence-corrected chi connectivity index (χ0v) is 11.5. The first kappa shape index (κ1) is 13.7. The highest BCUT2D eigenvalue weighted by Gasteiger charge is 2.05. The lowest BCUT2D eigenvalue weighted by atomic mass is 10.1. The molecule has 1 N–H and O–H groups in total. The molecule has 0 aliphatic carbocycles. The molecular formula is C14H15FN2OS. The number of carbonyl (C=O) groups is 1. The van der Waals surface area contributed by atoms with E-state index in [0.29, 0.717) is 19.4 Å². The number of benzene rings is 1. The average Bonchev–Trinajstić information content (AvgIpc) is 2.77. The maximum atomic E-state index is 12.7. The minimum Gasteiger partial charge on any atom is -0.355 e. The molecule has 1 heterocycles. The van der Waals surface area contributed by atoms with Gasteiger partial charge in [-0.05, 0) is 31.0 Å². The second-order valence-corrected chi connectivity index (χ2v) is 5.32. The van der Waals surface area contributed by atoms with Gasteiger partial charge in [-0.1, -0.05) is 12.1 Å². The molecule has 0 aliphatic heterocycles. The van der Waals surface area contributed by atoms with Crippen LogP contribution >= 0.6 is 11.3 Å². The number of hydrogen-bond donors (Lipinski definition) is 1. The van der Waals surface area contributed by atoms with Crippen LogP contribution in [0.1, 0.15) is 16.3 Å². The van der Waals surface area contributed by atoms with Gasteiger partial charge in [0.15, 0.2) is 0 Å². The van der Waals surface area contributed by atoms with E-state index in [2.05, 4.69) is 10.3 Å². The molecule has 0 unspecified atom stereocenters. The maximum absolute atomic E-state index is 12.7. The van der Waals surface area contributed by atoms with Crippen molar-refractivity contribution < 1.29 is 9.18 Å². The Morgan fingerprint density at radius 3 is 2.74 bits per heavy atom. The van der Waals surface area contributed by atoms with Gasteiger partial charge in [0, 0.05) is 11.9 Å². The lowest BCUT2D eigenvalue weighted by Gasteiger charge is -2.04. The number of halogens is 1. The number of nitrogens with zero attached hydrogens (tertiary/aromatic N) is 1. The predicted molar refractivity (Wildman–Crippen MR) is 73.7 cm³/mol. The lowest BCUT2D eigenvalue weighted by Crippen LogP contribution is -2.27. The zero-order valence-electron chi connectivity index (χ0n) is 10.6. The Labute approximate surface area is 115 Å². The standard InChI is InChI=1S/C14H15FN2OS/c1-10-17-13(9-19-10)8-14(18)16-7-6-11-2-4-12(15)5-3-11/h2-5,9H,6-8H2,1H3,(H,16,18). The van der Waals surface area contributed by atoms with Crippen molar-refractivity contribution in [3.05, 3.63) is 51.7 Å². The topological polar surface area (TPSA) is 42.0 Å². The monoisotopic (exact) mass is 278 g/mol. The molecular weight excluding hydrogens is 263 g/mol. The third kappa shape index (κ3) is 4.44. The van der Waals surface area contributed by atoms with Crippen LogP contribution in [0, 0.1) is 12.7 Å².